The van der Waals surface area contributed by atoms with Gasteiger partial charge in [0.15, 0.2) is 5.69 Å². The molecule has 2 saturated carbocycles. The first-order valence-corrected chi connectivity index (χ1v) is 17.0. The van der Waals surface area contributed by atoms with Crippen molar-refractivity contribution >= 4 is 28.4 Å². The summed E-state index contributed by atoms with van der Waals surface area (Å²) in [7, 11) is 0. The van der Waals surface area contributed by atoms with Gasteiger partial charge in [0.2, 0.25) is 5.91 Å². The minimum atomic E-state index is -2.65. The summed E-state index contributed by atoms with van der Waals surface area (Å²) in [6, 6.07) is 6.53. The Hall–Kier alpha value is -4.13. The molecular weight excluding hydrogens is 604 g/mol. The molecule has 1 unspecified atom stereocenters. The third-order valence-electron chi connectivity index (χ3n) is 11.4. The zero-order valence-corrected chi connectivity index (χ0v) is 26.5. The summed E-state index contributed by atoms with van der Waals surface area (Å²) < 4.78 is 32.0. The van der Waals surface area contributed by atoms with Crippen molar-refractivity contribution in [2.45, 2.75) is 95.3 Å². The van der Waals surface area contributed by atoms with E-state index < -0.39 is 12.5 Å². The van der Waals surface area contributed by atoms with Crippen molar-refractivity contribution in [3.05, 3.63) is 48.2 Å². The molecular formula is C34H41F2N9O2. The van der Waals surface area contributed by atoms with Gasteiger partial charge in [-0.1, -0.05) is 12.1 Å². The van der Waals surface area contributed by atoms with Crippen LogP contribution in [-0.2, 0) is 9.59 Å². The predicted octanol–water partition coefficient (Wildman–Crippen LogP) is 5.26. The summed E-state index contributed by atoms with van der Waals surface area (Å²) in [4.78, 5) is 24.4. The Labute approximate surface area is 271 Å². The monoisotopic (exact) mass is 645 g/mol. The van der Waals surface area contributed by atoms with Crippen LogP contribution in [0.4, 0.5) is 14.5 Å². The van der Waals surface area contributed by atoms with Gasteiger partial charge < -0.3 is 11.1 Å². The second-order valence-electron chi connectivity index (χ2n) is 14.1. The van der Waals surface area contributed by atoms with Gasteiger partial charge in [0, 0.05) is 35.8 Å². The molecule has 2 amide bonds. The topological polar surface area (TPSA) is 138 Å². The number of nitrogen functional groups attached to an aromatic ring is 1. The maximum atomic E-state index is 13.2. The number of anilines is 1. The highest BCUT2D eigenvalue weighted by molar-refractivity contribution is 6.01. The van der Waals surface area contributed by atoms with Crippen LogP contribution in [0.2, 0.25) is 0 Å². The molecule has 4 N–H and O–H groups in total. The molecule has 2 saturated heterocycles. The summed E-state index contributed by atoms with van der Waals surface area (Å²) in [5.41, 5.74) is 9.36. The standard InChI is InChI=1S/C34H41F2N9O2/c1-18-31-24(3-2-4-28(31)45(41-18)29-9-10-30(46)40-34(29)47)21-15-39-43(16-21)23-12-20-14-38-27(25(20)13-23)11-19-5-7-22(8-6-19)44-17-26(37)32(42-44)33(35)36/h2-4,15-17,19-20,22-23,25,27,29,33,38H,5-14,37H2,1H3,(H,40,46,47)/t19?,20-,22?,23+,25+,27+,29?/m0/s1. The van der Waals surface area contributed by atoms with Crippen LogP contribution in [0.1, 0.15) is 93.7 Å². The van der Waals surface area contributed by atoms with Gasteiger partial charge in [0.05, 0.1) is 35.2 Å². The molecule has 3 aromatic heterocycles. The third kappa shape index (κ3) is 5.41. The fraction of sp³-hybridized carbons (Fsp3) is 0.559. The minimum Gasteiger partial charge on any atom is -0.396 e. The number of hydrogen-bond acceptors (Lipinski definition) is 7. The van der Waals surface area contributed by atoms with E-state index in [1.807, 2.05) is 25.3 Å². The van der Waals surface area contributed by atoms with Crippen LogP contribution in [0, 0.1) is 24.7 Å². The predicted molar refractivity (Wildman–Crippen MR) is 171 cm³/mol. The zero-order valence-electron chi connectivity index (χ0n) is 26.5. The van der Waals surface area contributed by atoms with Crippen LogP contribution in [0.5, 0.6) is 0 Å². The average molecular weight is 646 g/mol. The molecule has 47 heavy (non-hydrogen) atoms. The van der Waals surface area contributed by atoms with Crippen LogP contribution in [0.15, 0.2) is 36.8 Å². The Kier molecular flexibility index (Phi) is 7.61. The molecule has 8 rings (SSSR count). The second kappa shape index (κ2) is 11.8. The number of nitrogens with two attached hydrogens (primary N) is 1. The number of aromatic nitrogens is 6. The summed E-state index contributed by atoms with van der Waals surface area (Å²) in [5.74, 6) is 1.32. The molecule has 4 aromatic rings. The fourth-order valence-electron chi connectivity index (χ4n) is 9.01. The van der Waals surface area contributed by atoms with Gasteiger partial charge in [-0.15, -0.1) is 0 Å². The number of nitrogens with zero attached hydrogens (tertiary/aromatic N) is 6. The SMILES string of the molecule is Cc1nn(C2CCC(=O)NC2=O)c2cccc(-c3cnn([C@@H]4C[C@H]5CN[C@H](CC6CCC(n7cc(N)c(C(F)F)n7)CC6)[C@@H]5C4)c3)c12. The van der Waals surface area contributed by atoms with Crippen molar-refractivity contribution in [2.24, 2.45) is 17.8 Å². The molecule has 5 heterocycles. The smallest absolute Gasteiger partial charge is 0.284 e. The summed E-state index contributed by atoms with van der Waals surface area (Å²) in [6.45, 7) is 3.00. The number of imide groups is 1. The molecule has 4 aliphatic rings. The number of carbonyl (C=O) groups excluding carboxylic acids is 2. The molecule has 13 heteroatoms. The Morgan fingerprint density at radius 1 is 1.02 bits per heavy atom. The molecule has 0 radical (unpaired) electrons. The third-order valence-corrected chi connectivity index (χ3v) is 11.4. The highest BCUT2D eigenvalue weighted by Gasteiger charge is 2.45. The summed E-state index contributed by atoms with van der Waals surface area (Å²) in [5, 5.41) is 21.0. The molecule has 0 bridgehead atoms. The lowest BCUT2D eigenvalue weighted by molar-refractivity contribution is -0.135. The molecule has 5 atom stereocenters. The van der Waals surface area contributed by atoms with Crippen LogP contribution in [0.3, 0.4) is 0 Å². The van der Waals surface area contributed by atoms with Crippen LogP contribution in [-0.4, -0.2) is 53.7 Å². The first-order valence-electron chi connectivity index (χ1n) is 17.0. The van der Waals surface area contributed by atoms with Crippen molar-refractivity contribution in [2.75, 3.05) is 12.3 Å². The number of piperidine rings is 1. The normalized spacial score (nSPS) is 29.6. The molecule has 2 aliphatic carbocycles. The van der Waals surface area contributed by atoms with Crippen molar-refractivity contribution in [3.8, 4) is 11.1 Å². The molecule has 4 fully saturated rings. The number of carbonyl (C=O) groups is 2. The quantitative estimate of drug-likeness (QED) is 0.233. The van der Waals surface area contributed by atoms with Crippen molar-refractivity contribution in [3.63, 3.8) is 0 Å². The number of aryl methyl sites for hydroxylation is 1. The first kappa shape index (κ1) is 30.2. The lowest BCUT2D eigenvalue weighted by atomic mass is 9.79. The molecule has 248 valence electrons. The van der Waals surface area contributed by atoms with Crippen molar-refractivity contribution < 1.29 is 18.4 Å². The van der Waals surface area contributed by atoms with Crippen LogP contribution < -0.4 is 16.4 Å². The lowest BCUT2D eigenvalue weighted by Gasteiger charge is -2.31. The van der Waals surface area contributed by atoms with Gasteiger partial charge in [-0.3, -0.25) is 29.0 Å². The zero-order chi connectivity index (χ0) is 32.4. The van der Waals surface area contributed by atoms with Gasteiger partial charge >= 0.3 is 0 Å². The second-order valence-corrected chi connectivity index (χ2v) is 14.1. The van der Waals surface area contributed by atoms with E-state index >= 15 is 0 Å². The van der Waals surface area contributed by atoms with E-state index in [4.69, 9.17) is 15.9 Å². The highest BCUT2D eigenvalue weighted by Crippen LogP contribution is 2.47. The molecule has 0 spiro atoms. The van der Waals surface area contributed by atoms with Gasteiger partial charge in [-0.2, -0.15) is 15.3 Å². The van der Waals surface area contributed by atoms with Gasteiger partial charge in [0.1, 0.15) is 6.04 Å². The molecule has 11 nitrogen and oxygen atoms in total. The minimum absolute atomic E-state index is 0.0801. The number of nitrogens with one attached hydrogen (secondary N) is 2. The summed E-state index contributed by atoms with van der Waals surface area (Å²) >= 11 is 0. The number of alkyl halides is 2. The molecule has 2 aliphatic heterocycles. The highest BCUT2D eigenvalue weighted by atomic mass is 19.3. The Morgan fingerprint density at radius 2 is 1.85 bits per heavy atom. The fourth-order valence-corrected chi connectivity index (χ4v) is 9.01. The van der Waals surface area contributed by atoms with Gasteiger partial charge in [0.25, 0.3) is 12.3 Å². The number of halogens is 2. The van der Waals surface area contributed by atoms with Crippen LogP contribution in [0.25, 0.3) is 22.0 Å². The Morgan fingerprint density at radius 3 is 2.62 bits per heavy atom. The van der Waals surface area contributed by atoms with E-state index in [1.54, 1.807) is 15.6 Å². The number of hydrogen-bond donors (Lipinski definition) is 3. The maximum Gasteiger partial charge on any atom is 0.284 e. The molecule has 1 aromatic carbocycles. The number of rotatable bonds is 7. The largest absolute Gasteiger partial charge is 0.396 e. The van der Waals surface area contributed by atoms with Gasteiger partial charge in [-0.05, 0) is 94.2 Å². The lowest BCUT2D eigenvalue weighted by Crippen LogP contribution is -2.42. The number of fused-ring (bicyclic) bond motifs is 2. The van der Waals surface area contributed by atoms with E-state index in [9.17, 15) is 18.4 Å². The number of amides is 2. The Balaban J connectivity index is 0.924. The van der Waals surface area contributed by atoms with E-state index in [0.717, 1.165) is 79.2 Å². The van der Waals surface area contributed by atoms with Crippen molar-refractivity contribution in [1.82, 2.24) is 40.0 Å². The average Bonchev–Trinajstić information content (AvgIpc) is 3.88. The van der Waals surface area contributed by atoms with Crippen LogP contribution >= 0.6 is 0 Å². The van der Waals surface area contributed by atoms with Crippen molar-refractivity contribution in [1.29, 1.82) is 0 Å². The summed E-state index contributed by atoms with van der Waals surface area (Å²) in [6.07, 6.45) is 11.1. The van der Waals surface area contributed by atoms with E-state index in [0.29, 0.717) is 42.7 Å². The maximum absolute atomic E-state index is 13.2. The number of benzene rings is 1. The van der Waals surface area contributed by atoms with E-state index in [2.05, 4.69) is 32.7 Å². The van der Waals surface area contributed by atoms with E-state index in [1.165, 1.54) is 0 Å². The Bertz CT molecular complexity index is 1820. The van der Waals surface area contributed by atoms with Gasteiger partial charge in [-0.25, -0.2) is 8.78 Å². The van der Waals surface area contributed by atoms with E-state index in [-0.39, 0.29) is 29.2 Å². The first-order chi connectivity index (χ1) is 22.7.